The van der Waals surface area contributed by atoms with Gasteiger partial charge in [-0.25, -0.2) is 4.39 Å². The van der Waals surface area contributed by atoms with Crippen LogP contribution in [0.15, 0.2) is 36.4 Å². The monoisotopic (exact) mass is 661 g/mol. The molecule has 5 rings (SSSR count). The van der Waals surface area contributed by atoms with Gasteiger partial charge in [-0.05, 0) is 100 Å². The molecule has 1 atom stereocenters. The fraction of sp³-hybridized carbons (Fsp3) is 0.559. The number of nitrogens with one attached hydrogen (secondary N) is 2. The lowest BCUT2D eigenvalue weighted by molar-refractivity contribution is -0.182. The molecule has 4 N–H and O–H groups in total. The quantitative estimate of drug-likeness (QED) is 0.346. The lowest BCUT2D eigenvalue weighted by atomic mass is 9.78. The molecule has 0 unspecified atom stereocenters. The van der Waals surface area contributed by atoms with Crippen LogP contribution in [-0.4, -0.2) is 85.6 Å². The molecule has 2 aromatic rings. The number of nitrogens with zero attached hydrogens (tertiary/aromatic N) is 2. The number of nitrogens with two attached hydrogens (primary N) is 1. The lowest BCUT2D eigenvalue weighted by Crippen LogP contribution is -2.50. The predicted molar refractivity (Wildman–Crippen MR) is 169 cm³/mol. The van der Waals surface area contributed by atoms with Crippen LogP contribution in [-0.2, 0) is 4.79 Å². The van der Waals surface area contributed by atoms with Gasteiger partial charge in [-0.15, -0.1) is 0 Å². The molecule has 0 spiro atoms. The molecule has 1 saturated carbocycles. The van der Waals surface area contributed by atoms with Crippen molar-refractivity contribution in [1.29, 1.82) is 0 Å². The molecule has 47 heavy (non-hydrogen) atoms. The van der Waals surface area contributed by atoms with E-state index in [4.69, 9.17) is 10.5 Å². The van der Waals surface area contributed by atoms with Crippen molar-refractivity contribution in [1.82, 2.24) is 15.1 Å². The molecule has 2 aromatic carbocycles. The first-order chi connectivity index (χ1) is 22.2. The third kappa shape index (κ3) is 8.24. The molecule has 2 aliphatic heterocycles. The van der Waals surface area contributed by atoms with E-state index in [0.717, 1.165) is 30.7 Å². The summed E-state index contributed by atoms with van der Waals surface area (Å²) in [4.78, 5) is 42.7. The standard InChI is InChI=1S/C34H43F4N5O4/c1-33(2,20-39)32(46)41-26-16-23(15-25(35)18-26)31(45)43-13-11-42(12-14-43)30(44)22-5-8-29(47-27-9-10-40-19-27)28(17-22)21-3-6-24(7-4-21)34(36,37)38/h5,8,15-18,21,24,27,40H,3-4,6-7,9-14,19-20,39H2,1-2H3,(H,41,46)/t21?,24?,27-/m0/s1. The van der Waals surface area contributed by atoms with Crippen LogP contribution in [0.5, 0.6) is 5.75 Å². The first-order valence-corrected chi connectivity index (χ1v) is 16.2. The van der Waals surface area contributed by atoms with E-state index in [0.29, 0.717) is 30.7 Å². The van der Waals surface area contributed by atoms with Gasteiger partial charge in [0.05, 0.1) is 11.3 Å². The number of hydrogen-bond donors (Lipinski definition) is 3. The topological polar surface area (TPSA) is 117 Å². The molecular weight excluding hydrogens is 618 g/mol. The molecule has 0 radical (unpaired) electrons. The Bertz CT molecular complexity index is 1460. The van der Waals surface area contributed by atoms with Gasteiger partial charge in [-0.3, -0.25) is 14.4 Å². The van der Waals surface area contributed by atoms with E-state index in [1.807, 2.05) is 0 Å². The third-order valence-electron chi connectivity index (χ3n) is 9.58. The Kier molecular flexibility index (Phi) is 10.4. The van der Waals surface area contributed by atoms with E-state index >= 15 is 0 Å². The number of halogens is 4. The summed E-state index contributed by atoms with van der Waals surface area (Å²) in [6.07, 6.45) is -2.64. The average Bonchev–Trinajstić information content (AvgIpc) is 3.57. The molecule has 1 aliphatic carbocycles. The maximum atomic E-state index is 14.5. The lowest BCUT2D eigenvalue weighted by Gasteiger charge is -2.35. The van der Waals surface area contributed by atoms with Gasteiger partial charge < -0.3 is 30.9 Å². The number of piperazine rings is 1. The maximum Gasteiger partial charge on any atom is 0.391 e. The van der Waals surface area contributed by atoms with Crippen LogP contribution in [0.2, 0.25) is 0 Å². The molecule has 256 valence electrons. The molecule has 2 heterocycles. The number of hydrogen-bond acceptors (Lipinski definition) is 6. The van der Waals surface area contributed by atoms with Gasteiger partial charge in [-0.2, -0.15) is 13.2 Å². The molecule has 3 fully saturated rings. The Morgan fingerprint density at radius 1 is 0.915 bits per heavy atom. The van der Waals surface area contributed by atoms with Gasteiger partial charge in [0.15, 0.2) is 0 Å². The summed E-state index contributed by atoms with van der Waals surface area (Å²) in [7, 11) is 0. The molecule has 3 aliphatic rings. The fourth-order valence-electron chi connectivity index (χ4n) is 6.40. The van der Waals surface area contributed by atoms with E-state index in [2.05, 4.69) is 10.6 Å². The van der Waals surface area contributed by atoms with Crippen molar-refractivity contribution in [2.75, 3.05) is 51.1 Å². The average molecular weight is 662 g/mol. The van der Waals surface area contributed by atoms with Crippen molar-refractivity contribution in [3.05, 3.63) is 58.9 Å². The van der Waals surface area contributed by atoms with Gasteiger partial charge in [0.1, 0.15) is 17.7 Å². The number of rotatable bonds is 8. The predicted octanol–water partition coefficient (Wildman–Crippen LogP) is 4.92. The number of alkyl halides is 3. The van der Waals surface area contributed by atoms with Crippen LogP contribution in [0.3, 0.4) is 0 Å². The third-order valence-corrected chi connectivity index (χ3v) is 9.58. The molecule has 3 amide bonds. The van der Waals surface area contributed by atoms with Crippen molar-refractivity contribution in [3.8, 4) is 5.75 Å². The van der Waals surface area contributed by atoms with Crippen molar-refractivity contribution >= 4 is 23.4 Å². The smallest absolute Gasteiger partial charge is 0.391 e. The molecular formula is C34H43F4N5O4. The van der Waals surface area contributed by atoms with Crippen LogP contribution in [0.25, 0.3) is 0 Å². The number of carbonyl (C=O) groups excluding carboxylic acids is 3. The Balaban J connectivity index is 1.25. The molecule has 13 heteroatoms. The number of ether oxygens (including phenoxy) is 1. The number of benzene rings is 2. The van der Waals surface area contributed by atoms with Crippen LogP contribution < -0.4 is 21.1 Å². The highest BCUT2D eigenvalue weighted by molar-refractivity contribution is 5.99. The number of amides is 3. The van der Waals surface area contributed by atoms with Crippen LogP contribution in [0.1, 0.15) is 78.1 Å². The van der Waals surface area contributed by atoms with E-state index in [1.165, 1.54) is 11.0 Å². The maximum absolute atomic E-state index is 14.5. The summed E-state index contributed by atoms with van der Waals surface area (Å²) >= 11 is 0. The molecule has 2 saturated heterocycles. The van der Waals surface area contributed by atoms with Crippen molar-refractivity contribution < 1.29 is 36.7 Å². The Hall–Kier alpha value is -3.71. The zero-order chi connectivity index (χ0) is 33.9. The minimum Gasteiger partial charge on any atom is -0.489 e. The normalized spacial score (nSPS) is 22.2. The zero-order valence-electron chi connectivity index (χ0n) is 26.8. The van der Waals surface area contributed by atoms with Crippen molar-refractivity contribution in [3.63, 3.8) is 0 Å². The zero-order valence-corrected chi connectivity index (χ0v) is 26.8. The van der Waals surface area contributed by atoms with Gasteiger partial charge >= 0.3 is 6.18 Å². The van der Waals surface area contributed by atoms with E-state index in [1.54, 1.807) is 36.9 Å². The van der Waals surface area contributed by atoms with Crippen molar-refractivity contribution in [2.45, 2.75) is 64.1 Å². The SMILES string of the molecule is CC(C)(CN)C(=O)Nc1cc(F)cc(C(=O)N2CCN(C(=O)c3ccc(O[C@H]4CCNC4)c(C4CCC(C(F)(F)F)CC4)c3)CC2)c1. The molecule has 0 bridgehead atoms. The number of carbonyl (C=O) groups is 3. The van der Waals surface area contributed by atoms with E-state index < -0.39 is 35.1 Å². The summed E-state index contributed by atoms with van der Waals surface area (Å²) in [5.74, 6) is -2.60. The second-order valence-electron chi connectivity index (χ2n) is 13.4. The van der Waals surface area contributed by atoms with Gasteiger partial charge in [0.25, 0.3) is 11.8 Å². The summed E-state index contributed by atoms with van der Waals surface area (Å²) in [6.45, 7) is 5.83. The second kappa shape index (κ2) is 14.2. The summed E-state index contributed by atoms with van der Waals surface area (Å²) in [5.41, 5.74) is 6.19. The Morgan fingerprint density at radius 2 is 1.55 bits per heavy atom. The van der Waals surface area contributed by atoms with Gasteiger partial charge in [-0.1, -0.05) is 0 Å². The second-order valence-corrected chi connectivity index (χ2v) is 13.4. The van der Waals surface area contributed by atoms with Crippen LogP contribution >= 0.6 is 0 Å². The summed E-state index contributed by atoms with van der Waals surface area (Å²) < 4.78 is 60.8. The van der Waals surface area contributed by atoms with Crippen molar-refractivity contribution in [2.24, 2.45) is 17.1 Å². The van der Waals surface area contributed by atoms with Gasteiger partial charge in [0, 0.05) is 56.1 Å². The summed E-state index contributed by atoms with van der Waals surface area (Å²) in [5, 5.41) is 5.88. The highest BCUT2D eigenvalue weighted by Crippen LogP contribution is 2.45. The Labute approximate surface area is 272 Å². The number of anilines is 1. The van der Waals surface area contributed by atoms with Crippen LogP contribution in [0, 0.1) is 17.2 Å². The first kappa shape index (κ1) is 34.6. The molecule has 9 nitrogen and oxygen atoms in total. The largest absolute Gasteiger partial charge is 0.489 e. The summed E-state index contributed by atoms with van der Waals surface area (Å²) in [6, 6.07) is 8.88. The highest BCUT2D eigenvalue weighted by atomic mass is 19.4. The highest BCUT2D eigenvalue weighted by Gasteiger charge is 2.42. The van der Waals surface area contributed by atoms with E-state index in [9.17, 15) is 31.9 Å². The van der Waals surface area contributed by atoms with Gasteiger partial charge in [0.2, 0.25) is 5.91 Å². The van der Waals surface area contributed by atoms with Crippen LogP contribution in [0.4, 0.5) is 23.2 Å². The fourth-order valence-corrected chi connectivity index (χ4v) is 6.40. The van der Waals surface area contributed by atoms with E-state index in [-0.39, 0.29) is 74.7 Å². The Morgan fingerprint density at radius 3 is 2.13 bits per heavy atom. The molecule has 0 aromatic heterocycles. The first-order valence-electron chi connectivity index (χ1n) is 16.2. The minimum absolute atomic E-state index is 0.0393. The minimum atomic E-state index is -4.21.